The molecule has 3 rings (SSSR count). The monoisotopic (exact) mass is 329 g/mol. The SMILES string of the molecule is O=C(CN1C(=O)CCC1=O)Nc1ncc(Cc2ccccc2)s1. The van der Waals surface area contributed by atoms with Crippen LogP contribution in [0.2, 0.25) is 0 Å². The van der Waals surface area contributed by atoms with E-state index >= 15 is 0 Å². The third-order valence-electron chi connectivity index (χ3n) is 3.48. The first-order valence-electron chi connectivity index (χ1n) is 7.23. The van der Waals surface area contributed by atoms with Crippen LogP contribution in [0.15, 0.2) is 36.5 Å². The van der Waals surface area contributed by atoms with E-state index in [-0.39, 0.29) is 31.2 Å². The number of carbonyl (C=O) groups excluding carboxylic acids is 3. The van der Waals surface area contributed by atoms with Crippen molar-refractivity contribution in [1.82, 2.24) is 9.88 Å². The van der Waals surface area contributed by atoms with Crippen LogP contribution >= 0.6 is 11.3 Å². The van der Waals surface area contributed by atoms with E-state index in [1.165, 1.54) is 16.9 Å². The van der Waals surface area contributed by atoms with Crippen molar-refractivity contribution >= 4 is 34.2 Å². The number of benzene rings is 1. The zero-order valence-corrected chi connectivity index (χ0v) is 13.1. The third-order valence-corrected chi connectivity index (χ3v) is 4.39. The highest BCUT2D eigenvalue weighted by molar-refractivity contribution is 7.15. The predicted molar refractivity (Wildman–Crippen MR) is 85.9 cm³/mol. The lowest BCUT2D eigenvalue weighted by Crippen LogP contribution is -2.36. The van der Waals surface area contributed by atoms with Crippen LogP contribution in [0.3, 0.4) is 0 Å². The van der Waals surface area contributed by atoms with Crippen molar-refractivity contribution in [2.75, 3.05) is 11.9 Å². The average molecular weight is 329 g/mol. The summed E-state index contributed by atoms with van der Waals surface area (Å²) < 4.78 is 0. The molecule has 118 valence electrons. The minimum Gasteiger partial charge on any atom is -0.300 e. The van der Waals surface area contributed by atoms with E-state index in [2.05, 4.69) is 10.3 Å². The molecular weight excluding hydrogens is 314 g/mol. The molecule has 2 heterocycles. The Morgan fingerprint density at radius 1 is 1.17 bits per heavy atom. The molecule has 2 aromatic rings. The van der Waals surface area contributed by atoms with E-state index in [0.717, 1.165) is 16.2 Å². The van der Waals surface area contributed by atoms with Crippen molar-refractivity contribution in [2.45, 2.75) is 19.3 Å². The van der Waals surface area contributed by atoms with E-state index in [9.17, 15) is 14.4 Å². The summed E-state index contributed by atoms with van der Waals surface area (Å²) in [4.78, 5) is 41.1. The van der Waals surface area contributed by atoms with Gasteiger partial charge in [-0.2, -0.15) is 0 Å². The van der Waals surface area contributed by atoms with Crippen LogP contribution in [0.25, 0.3) is 0 Å². The zero-order chi connectivity index (χ0) is 16.2. The summed E-state index contributed by atoms with van der Waals surface area (Å²) in [7, 11) is 0. The van der Waals surface area contributed by atoms with Gasteiger partial charge < -0.3 is 5.32 Å². The topological polar surface area (TPSA) is 79.4 Å². The number of amides is 3. The van der Waals surface area contributed by atoms with Crippen molar-refractivity contribution in [3.8, 4) is 0 Å². The molecule has 7 heteroatoms. The van der Waals surface area contributed by atoms with Crippen LogP contribution in [-0.2, 0) is 20.8 Å². The second kappa shape index (κ2) is 6.70. The van der Waals surface area contributed by atoms with Crippen LogP contribution < -0.4 is 5.32 Å². The van der Waals surface area contributed by atoms with Gasteiger partial charge in [0.05, 0.1) is 0 Å². The van der Waals surface area contributed by atoms with Gasteiger partial charge in [0.2, 0.25) is 17.7 Å². The van der Waals surface area contributed by atoms with Gasteiger partial charge in [0.1, 0.15) is 6.54 Å². The highest BCUT2D eigenvalue weighted by Gasteiger charge is 2.30. The van der Waals surface area contributed by atoms with Gasteiger partial charge in [-0.05, 0) is 5.56 Å². The van der Waals surface area contributed by atoms with Crippen LogP contribution in [0.1, 0.15) is 23.3 Å². The molecule has 1 aliphatic heterocycles. The quantitative estimate of drug-likeness (QED) is 0.849. The molecule has 0 spiro atoms. The minimum atomic E-state index is -0.408. The lowest BCUT2D eigenvalue weighted by atomic mass is 10.1. The molecule has 0 saturated carbocycles. The molecule has 0 aliphatic carbocycles. The van der Waals surface area contributed by atoms with Gasteiger partial charge >= 0.3 is 0 Å². The fourth-order valence-electron chi connectivity index (χ4n) is 2.35. The Labute approximate surface area is 137 Å². The largest absolute Gasteiger partial charge is 0.300 e. The van der Waals surface area contributed by atoms with E-state index in [1.807, 2.05) is 30.3 Å². The van der Waals surface area contributed by atoms with Crippen molar-refractivity contribution in [2.24, 2.45) is 0 Å². The standard InChI is InChI=1S/C16H15N3O3S/c20-13(10-19-14(21)6-7-15(19)22)18-16-17-9-12(23-16)8-11-4-2-1-3-5-11/h1-5,9H,6-8,10H2,(H,17,18,20). The summed E-state index contributed by atoms with van der Waals surface area (Å²) in [6.45, 7) is -0.245. The van der Waals surface area contributed by atoms with Gasteiger partial charge in [-0.1, -0.05) is 30.3 Å². The fraction of sp³-hybridized carbons (Fsp3) is 0.250. The zero-order valence-electron chi connectivity index (χ0n) is 12.3. The summed E-state index contributed by atoms with van der Waals surface area (Å²) in [6.07, 6.45) is 2.84. The number of carbonyl (C=O) groups is 3. The summed E-state index contributed by atoms with van der Waals surface area (Å²) in [5, 5.41) is 3.11. The summed E-state index contributed by atoms with van der Waals surface area (Å²) >= 11 is 1.38. The maximum absolute atomic E-state index is 11.9. The molecule has 1 saturated heterocycles. The number of likely N-dealkylation sites (tertiary alicyclic amines) is 1. The van der Waals surface area contributed by atoms with Crippen molar-refractivity contribution in [3.05, 3.63) is 47.0 Å². The van der Waals surface area contributed by atoms with Gasteiger partial charge in [-0.15, -0.1) is 11.3 Å². The second-order valence-corrected chi connectivity index (χ2v) is 6.33. The highest BCUT2D eigenvalue weighted by Crippen LogP contribution is 2.21. The molecule has 1 aromatic heterocycles. The Kier molecular flexibility index (Phi) is 4.47. The Balaban J connectivity index is 1.57. The summed E-state index contributed by atoms with van der Waals surface area (Å²) in [5.74, 6) is -1.00. The average Bonchev–Trinajstić information content (AvgIpc) is 3.09. The Morgan fingerprint density at radius 2 is 1.87 bits per heavy atom. The summed E-state index contributed by atoms with van der Waals surface area (Å²) in [6, 6.07) is 9.97. The summed E-state index contributed by atoms with van der Waals surface area (Å²) in [5.41, 5.74) is 1.17. The molecule has 1 N–H and O–H groups in total. The number of hydrogen-bond donors (Lipinski definition) is 1. The molecule has 1 fully saturated rings. The van der Waals surface area contributed by atoms with Gasteiger partial charge in [-0.3, -0.25) is 19.3 Å². The second-order valence-electron chi connectivity index (χ2n) is 5.22. The molecule has 0 unspecified atom stereocenters. The molecule has 6 nitrogen and oxygen atoms in total. The Bertz CT molecular complexity index is 726. The molecule has 1 aliphatic rings. The van der Waals surface area contributed by atoms with Crippen LogP contribution in [-0.4, -0.2) is 34.2 Å². The highest BCUT2D eigenvalue weighted by atomic mass is 32.1. The van der Waals surface area contributed by atoms with Gasteiger partial charge in [0.15, 0.2) is 5.13 Å². The van der Waals surface area contributed by atoms with Gasteiger partial charge in [0, 0.05) is 30.3 Å². The van der Waals surface area contributed by atoms with E-state index in [1.54, 1.807) is 6.20 Å². The third kappa shape index (κ3) is 3.81. The maximum Gasteiger partial charge on any atom is 0.246 e. The van der Waals surface area contributed by atoms with Crippen molar-refractivity contribution in [1.29, 1.82) is 0 Å². The number of nitrogens with one attached hydrogen (secondary N) is 1. The molecule has 0 atom stereocenters. The molecule has 0 radical (unpaired) electrons. The molecule has 0 bridgehead atoms. The van der Waals surface area contributed by atoms with Gasteiger partial charge in [-0.25, -0.2) is 4.98 Å². The first-order valence-corrected chi connectivity index (χ1v) is 8.05. The first kappa shape index (κ1) is 15.4. The Hall–Kier alpha value is -2.54. The van der Waals surface area contributed by atoms with Crippen LogP contribution in [0.5, 0.6) is 0 Å². The van der Waals surface area contributed by atoms with Crippen molar-refractivity contribution < 1.29 is 14.4 Å². The fourth-order valence-corrected chi connectivity index (χ4v) is 3.21. The van der Waals surface area contributed by atoms with E-state index < -0.39 is 5.91 Å². The predicted octanol–water partition coefficient (Wildman–Crippen LogP) is 1.82. The lowest BCUT2D eigenvalue weighted by molar-refractivity contribution is -0.141. The van der Waals surface area contributed by atoms with Crippen LogP contribution in [0.4, 0.5) is 5.13 Å². The minimum absolute atomic E-state index is 0.185. The number of hydrogen-bond acceptors (Lipinski definition) is 5. The van der Waals surface area contributed by atoms with Crippen LogP contribution in [0, 0.1) is 0 Å². The maximum atomic E-state index is 11.9. The molecule has 3 amide bonds. The molecular formula is C16H15N3O3S. The number of anilines is 1. The smallest absolute Gasteiger partial charge is 0.246 e. The number of thiazole rings is 1. The normalized spacial score (nSPS) is 14.3. The molecule has 1 aromatic carbocycles. The number of imide groups is 1. The lowest BCUT2D eigenvalue weighted by Gasteiger charge is -2.12. The van der Waals surface area contributed by atoms with E-state index in [0.29, 0.717) is 5.13 Å². The number of rotatable bonds is 5. The Morgan fingerprint density at radius 3 is 2.57 bits per heavy atom. The first-order chi connectivity index (χ1) is 11.1. The number of nitrogens with zero attached hydrogens (tertiary/aromatic N) is 2. The molecule has 23 heavy (non-hydrogen) atoms. The van der Waals surface area contributed by atoms with E-state index in [4.69, 9.17) is 0 Å². The van der Waals surface area contributed by atoms with Crippen molar-refractivity contribution in [3.63, 3.8) is 0 Å². The number of aromatic nitrogens is 1. The van der Waals surface area contributed by atoms with Gasteiger partial charge in [0.25, 0.3) is 0 Å².